The summed E-state index contributed by atoms with van der Waals surface area (Å²) in [4.78, 5) is 1.37. The molecule has 0 saturated heterocycles. The number of tetrazole rings is 1. The Morgan fingerprint density at radius 2 is 2.28 bits per heavy atom. The quantitative estimate of drug-likeness (QED) is 0.928. The van der Waals surface area contributed by atoms with Gasteiger partial charge in [0, 0.05) is 10.0 Å². The van der Waals surface area contributed by atoms with Crippen LogP contribution in [-0.2, 0) is 13.7 Å². The van der Waals surface area contributed by atoms with Gasteiger partial charge in [-0.3, -0.25) is 0 Å². The van der Waals surface area contributed by atoms with E-state index in [9.17, 15) is 5.11 Å². The average Bonchev–Trinajstić information content (AvgIpc) is 2.73. The third-order valence-electron chi connectivity index (χ3n) is 2.33. The smallest absolute Gasteiger partial charge is 0.212 e. The van der Waals surface area contributed by atoms with Crippen LogP contribution in [0.5, 0.6) is 5.75 Å². The van der Waals surface area contributed by atoms with Crippen molar-refractivity contribution in [3.05, 3.63) is 34.1 Å². The average molecular weight is 313 g/mol. The summed E-state index contributed by atoms with van der Waals surface area (Å²) in [6, 6.07) is 5.47. The van der Waals surface area contributed by atoms with Gasteiger partial charge in [0.1, 0.15) is 5.75 Å². The van der Waals surface area contributed by atoms with Crippen molar-refractivity contribution >= 4 is 15.9 Å². The van der Waals surface area contributed by atoms with Crippen molar-refractivity contribution in [2.75, 3.05) is 0 Å². The highest BCUT2D eigenvalue weighted by Crippen LogP contribution is 2.28. The predicted octanol–water partition coefficient (Wildman–Crippen LogP) is 1.60. The van der Waals surface area contributed by atoms with Crippen LogP contribution in [-0.4, -0.2) is 25.3 Å². The first kappa shape index (κ1) is 13.0. The van der Waals surface area contributed by atoms with E-state index in [0.717, 1.165) is 4.47 Å². The molecular formula is C11H13BrN4O2. The first-order chi connectivity index (χ1) is 8.56. The molecule has 0 spiro atoms. The van der Waals surface area contributed by atoms with E-state index in [1.165, 1.54) is 4.80 Å². The summed E-state index contributed by atoms with van der Waals surface area (Å²) in [5.74, 6) is 1.11. The molecule has 2 aromatic rings. The van der Waals surface area contributed by atoms with E-state index in [0.29, 0.717) is 17.1 Å². The Balaban J connectivity index is 2.13. The molecule has 1 unspecified atom stereocenters. The third-order valence-corrected chi connectivity index (χ3v) is 2.82. The van der Waals surface area contributed by atoms with Crippen LogP contribution < -0.4 is 4.74 Å². The van der Waals surface area contributed by atoms with Crippen molar-refractivity contribution in [1.29, 1.82) is 0 Å². The molecule has 0 bridgehead atoms. The number of ether oxygens (including phenoxy) is 1. The zero-order valence-electron chi connectivity index (χ0n) is 10.0. The van der Waals surface area contributed by atoms with Crippen LogP contribution in [0, 0.1) is 0 Å². The second kappa shape index (κ2) is 5.45. The van der Waals surface area contributed by atoms with E-state index in [2.05, 4.69) is 31.3 Å². The Morgan fingerprint density at radius 3 is 2.89 bits per heavy atom. The van der Waals surface area contributed by atoms with E-state index in [1.807, 2.05) is 12.1 Å². The molecule has 0 radical (unpaired) electrons. The summed E-state index contributed by atoms with van der Waals surface area (Å²) >= 11 is 3.36. The molecule has 0 saturated carbocycles. The second-order valence-corrected chi connectivity index (χ2v) is 4.76. The number of aromatic nitrogens is 4. The minimum Gasteiger partial charge on any atom is -0.485 e. The Hall–Kier alpha value is -1.47. The second-order valence-electron chi connectivity index (χ2n) is 3.84. The number of rotatable bonds is 4. The lowest BCUT2D eigenvalue weighted by atomic mass is 10.1. The summed E-state index contributed by atoms with van der Waals surface area (Å²) in [7, 11) is 1.69. The zero-order valence-corrected chi connectivity index (χ0v) is 11.6. The number of halogens is 1. The number of nitrogens with zero attached hydrogens (tertiary/aromatic N) is 4. The van der Waals surface area contributed by atoms with Gasteiger partial charge >= 0.3 is 0 Å². The number of aliphatic hydroxyl groups is 1. The van der Waals surface area contributed by atoms with Gasteiger partial charge in [-0.25, -0.2) is 0 Å². The van der Waals surface area contributed by atoms with Gasteiger partial charge in [0.05, 0.1) is 13.2 Å². The van der Waals surface area contributed by atoms with E-state index >= 15 is 0 Å². The molecule has 0 amide bonds. The van der Waals surface area contributed by atoms with Crippen molar-refractivity contribution in [2.45, 2.75) is 19.6 Å². The van der Waals surface area contributed by atoms with Crippen molar-refractivity contribution < 1.29 is 9.84 Å². The summed E-state index contributed by atoms with van der Waals surface area (Å²) in [5.41, 5.74) is 0.716. The molecule has 0 aliphatic carbocycles. The van der Waals surface area contributed by atoms with Crippen LogP contribution in [0.15, 0.2) is 22.7 Å². The molecule has 96 valence electrons. The lowest BCUT2D eigenvalue weighted by Crippen LogP contribution is -2.03. The first-order valence-corrected chi connectivity index (χ1v) is 6.19. The van der Waals surface area contributed by atoms with Crippen molar-refractivity contribution in [3.8, 4) is 5.75 Å². The summed E-state index contributed by atoms with van der Waals surface area (Å²) in [5, 5.41) is 21.2. The molecule has 1 N–H and O–H groups in total. The van der Waals surface area contributed by atoms with Crippen LogP contribution >= 0.6 is 15.9 Å². The summed E-state index contributed by atoms with van der Waals surface area (Å²) < 4.78 is 6.49. The standard InChI is InChI=1S/C11H13BrN4O2/c1-7(17)9-5-8(12)3-4-10(9)18-6-11-13-15-16(2)14-11/h3-5,7,17H,6H2,1-2H3. The monoisotopic (exact) mass is 312 g/mol. The van der Waals surface area contributed by atoms with Crippen molar-refractivity contribution in [1.82, 2.24) is 20.2 Å². The molecule has 1 heterocycles. The fourth-order valence-corrected chi connectivity index (χ4v) is 1.88. The Kier molecular flexibility index (Phi) is 3.93. The van der Waals surface area contributed by atoms with E-state index in [4.69, 9.17) is 4.74 Å². The highest BCUT2D eigenvalue weighted by molar-refractivity contribution is 9.10. The van der Waals surface area contributed by atoms with Crippen molar-refractivity contribution in [2.24, 2.45) is 7.05 Å². The lowest BCUT2D eigenvalue weighted by molar-refractivity contribution is 0.189. The highest BCUT2D eigenvalue weighted by atomic mass is 79.9. The lowest BCUT2D eigenvalue weighted by Gasteiger charge is -2.12. The topological polar surface area (TPSA) is 73.1 Å². The van der Waals surface area contributed by atoms with Crippen LogP contribution in [0.25, 0.3) is 0 Å². The molecule has 2 rings (SSSR count). The molecule has 18 heavy (non-hydrogen) atoms. The molecule has 0 aliphatic rings. The number of hydrogen-bond donors (Lipinski definition) is 1. The molecule has 7 heteroatoms. The fraction of sp³-hybridized carbons (Fsp3) is 0.364. The molecule has 1 aromatic carbocycles. The van der Waals surface area contributed by atoms with Gasteiger partial charge in [-0.1, -0.05) is 15.9 Å². The SMILES string of the molecule is CC(O)c1cc(Br)ccc1OCc1nnn(C)n1. The number of hydrogen-bond acceptors (Lipinski definition) is 5. The maximum atomic E-state index is 9.68. The minimum absolute atomic E-state index is 0.217. The molecular weight excluding hydrogens is 300 g/mol. The van der Waals surface area contributed by atoms with Crippen LogP contribution in [0.1, 0.15) is 24.4 Å². The number of aliphatic hydroxyl groups excluding tert-OH is 1. The number of benzene rings is 1. The van der Waals surface area contributed by atoms with E-state index in [-0.39, 0.29) is 6.61 Å². The van der Waals surface area contributed by atoms with E-state index in [1.54, 1.807) is 20.0 Å². The van der Waals surface area contributed by atoms with Crippen LogP contribution in [0.2, 0.25) is 0 Å². The maximum Gasteiger partial charge on any atom is 0.212 e. The molecule has 0 fully saturated rings. The molecule has 1 atom stereocenters. The molecule has 0 aliphatic heterocycles. The van der Waals surface area contributed by atoms with Gasteiger partial charge < -0.3 is 9.84 Å². The molecule has 1 aromatic heterocycles. The maximum absolute atomic E-state index is 9.68. The van der Waals surface area contributed by atoms with Crippen LogP contribution in [0.3, 0.4) is 0 Å². The first-order valence-electron chi connectivity index (χ1n) is 5.39. The van der Waals surface area contributed by atoms with Gasteiger partial charge in [-0.2, -0.15) is 4.80 Å². The molecule has 6 nitrogen and oxygen atoms in total. The number of aryl methyl sites for hydroxylation is 1. The predicted molar refractivity (Wildman–Crippen MR) is 67.9 cm³/mol. The third kappa shape index (κ3) is 3.05. The van der Waals surface area contributed by atoms with Crippen molar-refractivity contribution in [3.63, 3.8) is 0 Å². The Morgan fingerprint density at radius 1 is 1.50 bits per heavy atom. The van der Waals surface area contributed by atoms with Gasteiger partial charge in [0.2, 0.25) is 5.82 Å². The fourth-order valence-electron chi connectivity index (χ4n) is 1.50. The Labute approximate surface area is 113 Å². The van der Waals surface area contributed by atoms with Crippen LogP contribution in [0.4, 0.5) is 0 Å². The van der Waals surface area contributed by atoms with Gasteiger partial charge in [-0.15, -0.1) is 10.2 Å². The zero-order chi connectivity index (χ0) is 13.1. The van der Waals surface area contributed by atoms with Gasteiger partial charge in [0.25, 0.3) is 0 Å². The summed E-state index contributed by atoms with van der Waals surface area (Å²) in [6.45, 7) is 1.91. The summed E-state index contributed by atoms with van der Waals surface area (Å²) in [6.07, 6.45) is -0.604. The largest absolute Gasteiger partial charge is 0.485 e. The Bertz CT molecular complexity index is 542. The minimum atomic E-state index is -0.604. The highest BCUT2D eigenvalue weighted by Gasteiger charge is 2.11. The van der Waals surface area contributed by atoms with E-state index < -0.39 is 6.10 Å². The normalized spacial score (nSPS) is 12.4. The van der Waals surface area contributed by atoms with Gasteiger partial charge in [-0.05, 0) is 30.3 Å². The van der Waals surface area contributed by atoms with Gasteiger partial charge in [0.15, 0.2) is 6.61 Å².